The number of carbonyl (C=O) groups excluding carboxylic acids is 1. The van der Waals surface area contributed by atoms with Crippen LogP contribution in [0.5, 0.6) is 0 Å². The summed E-state index contributed by atoms with van der Waals surface area (Å²) < 4.78 is 1.72. The highest BCUT2D eigenvalue weighted by molar-refractivity contribution is 5.93. The Morgan fingerprint density at radius 3 is 2.36 bits per heavy atom. The first-order valence-corrected chi connectivity index (χ1v) is 6.68. The molecule has 2 N–H and O–H groups in total. The summed E-state index contributed by atoms with van der Waals surface area (Å²) in [7, 11) is 0. The molecule has 22 heavy (non-hydrogen) atoms. The Hall–Kier alpha value is -2.89. The predicted molar refractivity (Wildman–Crippen MR) is 82.2 cm³/mol. The lowest BCUT2D eigenvalue weighted by Crippen LogP contribution is -2.23. The van der Waals surface area contributed by atoms with Crippen LogP contribution in [-0.2, 0) is 11.3 Å². The third-order valence-corrected chi connectivity index (χ3v) is 3.25. The molecule has 114 valence electrons. The van der Waals surface area contributed by atoms with E-state index in [0.717, 1.165) is 0 Å². The van der Waals surface area contributed by atoms with Gasteiger partial charge in [-0.15, -0.1) is 0 Å². The third-order valence-electron chi connectivity index (χ3n) is 3.25. The summed E-state index contributed by atoms with van der Waals surface area (Å²) in [6.07, 6.45) is 0. The Morgan fingerprint density at radius 2 is 1.77 bits per heavy atom. The van der Waals surface area contributed by atoms with Gasteiger partial charge < -0.3 is 15.0 Å². The summed E-state index contributed by atoms with van der Waals surface area (Å²) in [6.45, 7) is 3.56. The maximum atomic E-state index is 12.1. The van der Waals surface area contributed by atoms with Crippen molar-refractivity contribution in [2.45, 2.75) is 20.4 Å². The maximum absolute atomic E-state index is 12.1. The number of carbonyl (C=O) groups is 2. The number of aromatic carboxylic acids is 1. The highest BCUT2D eigenvalue weighted by Crippen LogP contribution is 2.11. The van der Waals surface area contributed by atoms with Crippen molar-refractivity contribution >= 4 is 17.6 Å². The number of aromatic nitrogens is 1. The number of nitrogens with zero attached hydrogens (tertiary/aromatic N) is 1. The second kappa shape index (κ2) is 6.26. The molecule has 1 heterocycles. The van der Waals surface area contributed by atoms with Crippen molar-refractivity contribution in [3.63, 3.8) is 0 Å². The fourth-order valence-electron chi connectivity index (χ4n) is 2.21. The summed E-state index contributed by atoms with van der Waals surface area (Å²) >= 11 is 0. The molecule has 0 radical (unpaired) electrons. The first-order chi connectivity index (χ1) is 10.4. The number of aryl methyl sites for hydroxylation is 2. The summed E-state index contributed by atoms with van der Waals surface area (Å²) in [5.41, 5.74) is 1.81. The highest BCUT2D eigenvalue weighted by Gasteiger charge is 2.09. The van der Waals surface area contributed by atoms with Crippen molar-refractivity contribution in [1.29, 1.82) is 0 Å². The standard InChI is InChI=1S/C16H16N2O4/c1-10-6-14(19)7-11(2)18(10)9-15(20)17-13-5-3-4-12(8-13)16(21)22/h3-8H,9H2,1-2H3,(H,17,20)(H,21,22). The molecule has 2 rings (SSSR count). The molecule has 0 aliphatic rings. The van der Waals surface area contributed by atoms with Gasteiger partial charge in [-0.05, 0) is 32.0 Å². The van der Waals surface area contributed by atoms with Crippen LogP contribution in [0.1, 0.15) is 21.7 Å². The zero-order chi connectivity index (χ0) is 16.3. The summed E-state index contributed by atoms with van der Waals surface area (Å²) in [5.74, 6) is -1.35. The van der Waals surface area contributed by atoms with Gasteiger partial charge in [-0.25, -0.2) is 4.79 Å². The second-order valence-corrected chi connectivity index (χ2v) is 4.99. The molecule has 0 atom stereocenters. The minimum atomic E-state index is -1.05. The smallest absolute Gasteiger partial charge is 0.335 e. The van der Waals surface area contributed by atoms with Crippen LogP contribution in [0.3, 0.4) is 0 Å². The van der Waals surface area contributed by atoms with Gasteiger partial charge in [0, 0.05) is 29.2 Å². The number of rotatable bonds is 4. The van der Waals surface area contributed by atoms with E-state index in [0.29, 0.717) is 17.1 Å². The molecule has 0 saturated carbocycles. The van der Waals surface area contributed by atoms with Crippen LogP contribution >= 0.6 is 0 Å². The number of anilines is 1. The van der Waals surface area contributed by atoms with Crippen LogP contribution in [0, 0.1) is 13.8 Å². The fourth-order valence-corrected chi connectivity index (χ4v) is 2.21. The third kappa shape index (κ3) is 3.60. The number of pyridine rings is 1. The van der Waals surface area contributed by atoms with Crippen molar-refractivity contribution in [1.82, 2.24) is 4.57 Å². The van der Waals surface area contributed by atoms with Gasteiger partial charge in [0.2, 0.25) is 5.91 Å². The monoisotopic (exact) mass is 300 g/mol. The SMILES string of the molecule is Cc1cc(=O)cc(C)n1CC(=O)Nc1cccc(C(=O)O)c1. The van der Waals surface area contributed by atoms with Crippen molar-refractivity contribution < 1.29 is 14.7 Å². The minimum absolute atomic E-state index is 0.0508. The number of amides is 1. The first kappa shape index (κ1) is 15.5. The van der Waals surface area contributed by atoms with Crippen molar-refractivity contribution in [3.05, 3.63) is 63.6 Å². The summed E-state index contributed by atoms with van der Waals surface area (Å²) in [5, 5.41) is 11.6. The molecule has 1 aromatic heterocycles. The van der Waals surface area contributed by atoms with E-state index in [1.165, 1.54) is 24.3 Å². The lowest BCUT2D eigenvalue weighted by molar-refractivity contribution is -0.116. The van der Waals surface area contributed by atoms with E-state index in [4.69, 9.17) is 5.11 Å². The number of carboxylic acids is 1. The number of nitrogens with one attached hydrogen (secondary N) is 1. The van der Waals surface area contributed by atoms with Crippen LogP contribution in [-0.4, -0.2) is 21.6 Å². The van der Waals surface area contributed by atoms with Crippen LogP contribution in [0.15, 0.2) is 41.2 Å². The largest absolute Gasteiger partial charge is 0.478 e. The zero-order valence-electron chi connectivity index (χ0n) is 12.3. The van der Waals surface area contributed by atoms with Gasteiger partial charge in [0.25, 0.3) is 0 Å². The Kier molecular flexibility index (Phi) is 4.41. The number of carboxylic acid groups (broad SMARTS) is 1. The Balaban J connectivity index is 2.16. The molecule has 0 aliphatic carbocycles. The topological polar surface area (TPSA) is 88.4 Å². The average molecular weight is 300 g/mol. The van der Waals surface area contributed by atoms with E-state index in [1.54, 1.807) is 30.5 Å². The summed E-state index contributed by atoms with van der Waals surface area (Å²) in [6, 6.07) is 8.96. The predicted octanol–water partition coefficient (Wildman–Crippen LogP) is 1.80. The van der Waals surface area contributed by atoms with Crippen LogP contribution < -0.4 is 10.7 Å². The number of hydrogen-bond acceptors (Lipinski definition) is 3. The van der Waals surface area contributed by atoms with E-state index in [1.807, 2.05) is 0 Å². The van der Waals surface area contributed by atoms with Gasteiger partial charge >= 0.3 is 5.97 Å². The molecular weight excluding hydrogens is 284 g/mol. The molecule has 6 heteroatoms. The van der Waals surface area contributed by atoms with E-state index in [2.05, 4.69) is 5.32 Å². The molecule has 1 aromatic carbocycles. The van der Waals surface area contributed by atoms with Crippen LogP contribution in [0.2, 0.25) is 0 Å². The second-order valence-electron chi connectivity index (χ2n) is 4.99. The first-order valence-electron chi connectivity index (χ1n) is 6.68. The lowest BCUT2D eigenvalue weighted by atomic mass is 10.2. The molecular formula is C16H16N2O4. The van der Waals surface area contributed by atoms with Gasteiger partial charge in [0.1, 0.15) is 6.54 Å². The van der Waals surface area contributed by atoms with E-state index in [-0.39, 0.29) is 23.4 Å². The van der Waals surface area contributed by atoms with Gasteiger partial charge in [-0.2, -0.15) is 0 Å². The Labute approximate surface area is 127 Å². The quantitative estimate of drug-likeness (QED) is 0.901. The van der Waals surface area contributed by atoms with Gasteiger partial charge in [-0.3, -0.25) is 9.59 Å². The molecule has 0 bridgehead atoms. The number of benzene rings is 1. The van der Waals surface area contributed by atoms with Gasteiger partial charge in [-0.1, -0.05) is 6.07 Å². The van der Waals surface area contributed by atoms with E-state index >= 15 is 0 Å². The van der Waals surface area contributed by atoms with Gasteiger partial charge in [0.15, 0.2) is 5.43 Å². The molecule has 2 aromatic rings. The van der Waals surface area contributed by atoms with Crippen molar-refractivity contribution in [2.24, 2.45) is 0 Å². The van der Waals surface area contributed by atoms with Crippen molar-refractivity contribution in [2.75, 3.05) is 5.32 Å². The Morgan fingerprint density at radius 1 is 1.14 bits per heavy atom. The zero-order valence-corrected chi connectivity index (χ0v) is 12.3. The average Bonchev–Trinajstić information content (AvgIpc) is 2.43. The molecule has 0 unspecified atom stereocenters. The molecule has 0 spiro atoms. The molecule has 0 saturated heterocycles. The molecule has 6 nitrogen and oxygen atoms in total. The number of hydrogen-bond donors (Lipinski definition) is 2. The highest BCUT2D eigenvalue weighted by atomic mass is 16.4. The fraction of sp³-hybridized carbons (Fsp3) is 0.188. The normalized spacial score (nSPS) is 10.3. The molecule has 0 fully saturated rings. The van der Waals surface area contributed by atoms with E-state index < -0.39 is 5.97 Å². The van der Waals surface area contributed by atoms with Crippen LogP contribution in [0.25, 0.3) is 0 Å². The lowest BCUT2D eigenvalue weighted by Gasteiger charge is -2.14. The molecule has 1 amide bonds. The van der Waals surface area contributed by atoms with Gasteiger partial charge in [0.05, 0.1) is 5.56 Å². The van der Waals surface area contributed by atoms with Crippen molar-refractivity contribution in [3.8, 4) is 0 Å². The van der Waals surface area contributed by atoms with Crippen LogP contribution in [0.4, 0.5) is 5.69 Å². The van der Waals surface area contributed by atoms with E-state index in [9.17, 15) is 14.4 Å². The minimum Gasteiger partial charge on any atom is -0.478 e. The summed E-state index contributed by atoms with van der Waals surface area (Å²) in [4.78, 5) is 34.4. The molecule has 0 aliphatic heterocycles. The maximum Gasteiger partial charge on any atom is 0.335 e. The Bertz CT molecular complexity index is 767.